The van der Waals surface area contributed by atoms with Crippen molar-refractivity contribution in [3.05, 3.63) is 34.4 Å². The third-order valence-corrected chi connectivity index (χ3v) is 4.78. The maximum Gasteiger partial charge on any atom is 0.161 e. The zero-order valence-corrected chi connectivity index (χ0v) is 13.6. The molecule has 1 heterocycles. The molecular formula is C16H18BrN3O. The van der Waals surface area contributed by atoms with Crippen LogP contribution < -0.4 is 10.5 Å². The van der Waals surface area contributed by atoms with Gasteiger partial charge in [0, 0.05) is 11.5 Å². The van der Waals surface area contributed by atoms with Crippen LogP contribution >= 0.6 is 15.9 Å². The van der Waals surface area contributed by atoms with Crippen LogP contribution in [0.25, 0.3) is 11.4 Å². The molecule has 0 radical (unpaired) electrons. The molecule has 0 unspecified atom stereocenters. The van der Waals surface area contributed by atoms with E-state index in [2.05, 4.69) is 20.9 Å². The Morgan fingerprint density at radius 3 is 2.71 bits per heavy atom. The monoisotopic (exact) mass is 347 g/mol. The van der Waals surface area contributed by atoms with E-state index in [1.807, 2.05) is 24.3 Å². The van der Waals surface area contributed by atoms with E-state index < -0.39 is 0 Å². The van der Waals surface area contributed by atoms with Crippen LogP contribution in [-0.2, 0) is 0 Å². The van der Waals surface area contributed by atoms with Crippen LogP contribution in [0, 0.1) is 0 Å². The van der Waals surface area contributed by atoms with Crippen LogP contribution in [0.4, 0.5) is 5.82 Å². The molecule has 5 heteroatoms. The maximum absolute atomic E-state index is 6.07. The molecule has 0 amide bonds. The number of hydrogen-bond donors (Lipinski definition) is 1. The van der Waals surface area contributed by atoms with Crippen molar-refractivity contribution in [1.29, 1.82) is 0 Å². The smallest absolute Gasteiger partial charge is 0.161 e. The standard InChI is InChI=1S/C16H18BrN3O/c1-21-12-8-4-7-11(9-12)16-19-14(10-5-2-3-6-10)13(17)15(18)20-16/h4,7-10H,2-3,5-6H2,1H3,(H2,18,19,20). The summed E-state index contributed by atoms with van der Waals surface area (Å²) in [7, 11) is 1.65. The van der Waals surface area contributed by atoms with Gasteiger partial charge in [-0.05, 0) is 40.9 Å². The molecule has 2 N–H and O–H groups in total. The molecule has 0 bridgehead atoms. The number of nitrogens with two attached hydrogens (primary N) is 1. The van der Waals surface area contributed by atoms with E-state index in [-0.39, 0.29) is 0 Å². The average molecular weight is 348 g/mol. The number of hydrogen-bond acceptors (Lipinski definition) is 4. The van der Waals surface area contributed by atoms with Gasteiger partial charge in [-0.2, -0.15) is 0 Å². The van der Waals surface area contributed by atoms with Gasteiger partial charge in [0.05, 0.1) is 17.3 Å². The van der Waals surface area contributed by atoms with E-state index in [9.17, 15) is 0 Å². The largest absolute Gasteiger partial charge is 0.497 e. The normalized spacial score (nSPS) is 15.3. The Morgan fingerprint density at radius 2 is 2.00 bits per heavy atom. The molecule has 4 nitrogen and oxygen atoms in total. The predicted octanol–water partition coefficient (Wildman–Crippen LogP) is 4.15. The number of ether oxygens (including phenoxy) is 1. The first kappa shape index (κ1) is 14.3. The lowest BCUT2D eigenvalue weighted by Gasteiger charge is -2.14. The zero-order chi connectivity index (χ0) is 14.8. The van der Waals surface area contributed by atoms with Crippen molar-refractivity contribution in [2.75, 3.05) is 12.8 Å². The van der Waals surface area contributed by atoms with Gasteiger partial charge in [-0.3, -0.25) is 0 Å². The van der Waals surface area contributed by atoms with Crippen molar-refractivity contribution >= 4 is 21.7 Å². The number of halogens is 1. The summed E-state index contributed by atoms with van der Waals surface area (Å²) in [6.07, 6.45) is 4.87. The van der Waals surface area contributed by atoms with Gasteiger partial charge in [-0.1, -0.05) is 25.0 Å². The van der Waals surface area contributed by atoms with Crippen LogP contribution in [0.5, 0.6) is 5.75 Å². The van der Waals surface area contributed by atoms with Crippen molar-refractivity contribution in [3.63, 3.8) is 0 Å². The molecule has 1 saturated carbocycles. The highest BCUT2D eigenvalue weighted by molar-refractivity contribution is 9.10. The van der Waals surface area contributed by atoms with Crippen molar-refractivity contribution < 1.29 is 4.74 Å². The summed E-state index contributed by atoms with van der Waals surface area (Å²) in [5, 5.41) is 0. The minimum absolute atomic E-state index is 0.481. The van der Waals surface area contributed by atoms with E-state index in [0.717, 1.165) is 21.5 Å². The Balaban J connectivity index is 2.06. The summed E-state index contributed by atoms with van der Waals surface area (Å²) < 4.78 is 6.11. The lowest BCUT2D eigenvalue weighted by Crippen LogP contribution is -2.06. The number of anilines is 1. The number of nitrogen functional groups attached to an aromatic ring is 1. The summed E-state index contributed by atoms with van der Waals surface area (Å²) >= 11 is 3.55. The molecule has 0 aliphatic heterocycles. The molecule has 1 aliphatic carbocycles. The first-order valence-corrected chi connectivity index (χ1v) is 7.95. The second-order valence-electron chi connectivity index (χ2n) is 5.35. The number of benzene rings is 1. The van der Waals surface area contributed by atoms with E-state index >= 15 is 0 Å². The second kappa shape index (κ2) is 6.02. The number of nitrogens with zero attached hydrogens (tertiary/aromatic N) is 2. The molecule has 3 rings (SSSR count). The third kappa shape index (κ3) is 2.88. The van der Waals surface area contributed by atoms with Gasteiger partial charge in [-0.15, -0.1) is 0 Å². The Labute approximate surface area is 132 Å². The molecule has 1 aromatic heterocycles. The van der Waals surface area contributed by atoms with E-state index in [0.29, 0.717) is 17.6 Å². The van der Waals surface area contributed by atoms with Gasteiger partial charge in [0.25, 0.3) is 0 Å². The predicted molar refractivity (Wildman–Crippen MR) is 87.3 cm³/mol. The molecule has 0 spiro atoms. The van der Waals surface area contributed by atoms with Crippen molar-refractivity contribution in [3.8, 4) is 17.1 Å². The van der Waals surface area contributed by atoms with Gasteiger partial charge in [0.2, 0.25) is 0 Å². The quantitative estimate of drug-likeness (QED) is 0.905. The first-order chi connectivity index (χ1) is 10.2. The Morgan fingerprint density at radius 1 is 1.24 bits per heavy atom. The summed E-state index contributed by atoms with van der Waals surface area (Å²) in [6, 6.07) is 7.75. The fourth-order valence-electron chi connectivity index (χ4n) is 2.84. The second-order valence-corrected chi connectivity index (χ2v) is 6.14. The van der Waals surface area contributed by atoms with Crippen LogP contribution in [0.1, 0.15) is 37.3 Å². The van der Waals surface area contributed by atoms with Crippen LogP contribution in [-0.4, -0.2) is 17.1 Å². The van der Waals surface area contributed by atoms with E-state index in [4.69, 9.17) is 15.5 Å². The van der Waals surface area contributed by atoms with Gasteiger partial charge in [-0.25, -0.2) is 9.97 Å². The molecule has 21 heavy (non-hydrogen) atoms. The maximum atomic E-state index is 6.07. The molecule has 110 valence electrons. The fourth-order valence-corrected chi connectivity index (χ4v) is 3.34. The summed E-state index contributed by atoms with van der Waals surface area (Å²) in [5.74, 6) is 2.44. The van der Waals surface area contributed by atoms with Gasteiger partial charge >= 0.3 is 0 Å². The minimum Gasteiger partial charge on any atom is -0.497 e. The molecule has 0 saturated heterocycles. The molecule has 1 fully saturated rings. The van der Waals surface area contributed by atoms with Crippen LogP contribution in [0.3, 0.4) is 0 Å². The minimum atomic E-state index is 0.481. The number of aromatic nitrogens is 2. The SMILES string of the molecule is COc1cccc(-c2nc(N)c(Br)c(C3CCCC3)n2)c1. The Bertz CT molecular complexity index is 654. The van der Waals surface area contributed by atoms with Crippen molar-refractivity contribution in [1.82, 2.24) is 9.97 Å². The van der Waals surface area contributed by atoms with Crippen LogP contribution in [0.15, 0.2) is 28.7 Å². The molecule has 1 aromatic carbocycles. The van der Waals surface area contributed by atoms with Crippen molar-refractivity contribution in [2.24, 2.45) is 0 Å². The number of rotatable bonds is 3. The van der Waals surface area contributed by atoms with E-state index in [1.165, 1.54) is 25.7 Å². The summed E-state index contributed by atoms with van der Waals surface area (Å²) in [6.45, 7) is 0. The third-order valence-electron chi connectivity index (χ3n) is 3.97. The highest BCUT2D eigenvalue weighted by Gasteiger charge is 2.23. The first-order valence-electron chi connectivity index (χ1n) is 7.16. The van der Waals surface area contributed by atoms with Gasteiger partial charge in [0.1, 0.15) is 11.6 Å². The topological polar surface area (TPSA) is 61.0 Å². The molecule has 1 aliphatic rings. The fraction of sp³-hybridized carbons (Fsp3) is 0.375. The van der Waals surface area contributed by atoms with Gasteiger partial charge in [0.15, 0.2) is 5.82 Å². The highest BCUT2D eigenvalue weighted by atomic mass is 79.9. The Kier molecular flexibility index (Phi) is 4.10. The van der Waals surface area contributed by atoms with Gasteiger partial charge < -0.3 is 10.5 Å². The highest BCUT2D eigenvalue weighted by Crippen LogP contribution is 2.39. The summed E-state index contributed by atoms with van der Waals surface area (Å²) in [5.41, 5.74) is 8.03. The summed E-state index contributed by atoms with van der Waals surface area (Å²) in [4.78, 5) is 9.18. The Hall–Kier alpha value is -1.62. The lowest BCUT2D eigenvalue weighted by atomic mass is 10.0. The zero-order valence-electron chi connectivity index (χ0n) is 12.0. The molecule has 2 aromatic rings. The lowest BCUT2D eigenvalue weighted by molar-refractivity contribution is 0.415. The average Bonchev–Trinajstić information content (AvgIpc) is 3.04. The van der Waals surface area contributed by atoms with E-state index in [1.54, 1.807) is 7.11 Å². The number of methoxy groups -OCH3 is 1. The van der Waals surface area contributed by atoms with Crippen molar-refractivity contribution in [2.45, 2.75) is 31.6 Å². The molecule has 0 atom stereocenters. The van der Waals surface area contributed by atoms with Crippen LogP contribution in [0.2, 0.25) is 0 Å². The molecular weight excluding hydrogens is 330 g/mol.